The van der Waals surface area contributed by atoms with Gasteiger partial charge in [0.15, 0.2) is 6.10 Å². The van der Waals surface area contributed by atoms with Crippen molar-refractivity contribution < 1.29 is 14.3 Å². The van der Waals surface area contributed by atoms with Crippen molar-refractivity contribution in [1.82, 2.24) is 4.57 Å². The summed E-state index contributed by atoms with van der Waals surface area (Å²) in [6.07, 6.45) is -0.966. The molecule has 0 unspecified atom stereocenters. The smallest absolute Gasteiger partial charge is 0.338 e. The second-order valence-corrected chi connectivity index (χ2v) is 6.72. The molecular weight excluding hydrogens is 366 g/mol. The first-order valence-electron chi connectivity index (χ1n) is 9.16. The number of aromatic nitrogens is 1. The van der Waals surface area contributed by atoms with Gasteiger partial charge in [0.2, 0.25) is 0 Å². The molecule has 1 aromatic heterocycles. The van der Waals surface area contributed by atoms with E-state index in [-0.39, 0.29) is 0 Å². The van der Waals surface area contributed by atoms with Crippen molar-refractivity contribution in [1.29, 1.82) is 5.26 Å². The van der Waals surface area contributed by atoms with Gasteiger partial charge in [-0.15, -0.1) is 0 Å². The molecule has 1 atom stereocenters. The van der Waals surface area contributed by atoms with Crippen molar-refractivity contribution in [2.45, 2.75) is 26.9 Å². The Morgan fingerprint density at radius 1 is 0.966 bits per heavy atom. The molecule has 0 spiro atoms. The van der Waals surface area contributed by atoms with Gasteiger partial charge >= 0.3 is 5.97 Å². The van der Waals surface area contributed by atoms with E-state index in [1.807, 2.05) is 44.2 Å². The van der Waals surface area contributed by atoms with Gasteiger partial charge in [-0.25, -0.2) is 4.79 Å². The van der Waals surface area contributed by atoms with Crippen molar-refractivity contribution >= 4 is 17.6 Å². The Labute approximate surface area is 169 Å². The van der Waals surface area contributed by atoms with Crippen LogP contribution < -0.4 is 5.32 Å². The fourth-order valence-corrected chi connectivity index (χ4v) is 2.98. The number of aryl methyl sites for hydroxylation is 2. The van der Waals surface area contributed by atoms with E-state index in [4.69, 9.17) is 10.00 Å². The number of nitrogens with one attached hydrogen (secondary N) is 1. The van der Waals surface area contributed by atoms with Crippen LogP contribution >= 0.6 is 0 Å². The molecule has 2 aromatic carbocycles. The summed E-state index contributed by atoms with van der Waals surface area (Å²) in [5.74, 6) is -1.02. The molecule has 0 radical (unpaired) electrons. The molecule has 146 valence electrons. The summed E-state index contributed by atoms with van der Waals surface area (Å²) in [7, 11) is 0. The maximum atomic E-state index is 12.4. The van der Waals surface area contributed by atoms with Gasteiger partial charge in [-0.1, -0.05) is 0 Å². The van der Waals surface area contributed by atoms with Crippen molar-refractivity contribution in [3.8, 4) is 11.8 Å². The Balaban J connectivity index is 1.63. The third-order valence-electron chi connectivity index (χ3n) is 4.57. The van der Waals surface area contributed by atoms with Crippen molar-refractivity contribution in [3.63, 3.8) is 0 Å². The molecule has 0 fully saturated rings. The molecule has 1 heterocycles. The third-order valence-corrected chi connectivity index (χ3v) is 4.57. The maximum absolute atomic E-state index is 12.4. The third kappa shape index (κ3) is 4.53. The molecule has 0 aliphatic carbocycles. The summed E-state index contributed by atoms with van der Waals surface area (Å²) in [6.45, 7) is 5.55. The second kappa shape index (κ2) is 8.44. The highest BCUT2D eigenvalue weighted by molar-refractivity contribution is 5.97. The van der Waals surface area contributed by atoms with Crippen LogP contribution in [0.15, 0.2) is 60.7 Å². The van der Waals surface area contributed by atoms with Crippen LogP contribution in [0.1, 0.15) is 34.2 Å². The lowest BCUT2D eigenvalue weighted by molar-refractivity contribution is -0.123. The van der Waals surface area contributed by atoms with Gasteiger partial charge < -0.3 is 14.6 Å². The number of esters is 1. The zero-order valence-corrected chi connectivity index (χ0v) is 16.5. The summed E-state index contributed by atoms with van der Waals surface area (Å²) in [6, 6.07) is 19.6. The molecule has 3 aromatic rings. The van der Waals surface area contributed by atoms with Gasteiger partial charge in [0.1, 0.15) is 0 Å². The number of ether oxygens (including phenoxy) is 1. The van der Waals surface area contributed by atoms with E-state index in [0.29, 0.717) is 16.8 Å². The first kappa shape index (κ1) is 19.9. The molecule has 0 saturated heterocycles. The molecule has 0 bridgehead atoms. The quantitative estimate of drug-likeness (QED) is 0.667. The average molecular weight is 387 g/mol. The maximum Gasteiger partial charge on any atom is 0.338 e. The van der Waals surface area contributed by atoms with Crippen LogP contribution in [-0.4, -0.2) is 22.5 Å². The van der Waals surface area contributed by atoms with Gasteiger partial charge in [-0.2, -0.15) is 5.26 Å². The molecule has 6 heteroatoms. The minimum absolute atomic E-state index is 0.370. The van der Waals surface area contributed by atoms with Crippen LogP contribution in [0.2, 0.25) is 0 Å². The number of anilines is 1. The molecule has 0 saturated carbocycles. The van der Waals surface area contributed by atoms with E-state index in [1.165, 1.54) is 6.92 Å². The summed E-state index contributed by atoms with van der Waals surface area (Å²) in [5, 5.41) is 11.5. The highest BCUT2D eigenvalue weighted by Crippen LogP contribution is 2.18. The van der Waals surface area contributed by atoms with Crippen LogP contribution in [0.3, 0.4) is 0 Å². The lowest BCUT2D eigenvalue weighted by Gasteiger charge is -2.14. The number of nitrogens with zero attached hydrogens (tertiary/aromatic N) is 2. The van der Waals surface area contributed by atoms with E-state index >= 15 is 0 Å². The van der Waals surface area contributed by atoms with Gasteiger partial charge in [0.05, 0.1) is 17.2 Å². The van der Waals surface area contributed by atoms with Crippen LogP contribution in [0, 0.1) is 25.2 Å². The number of hydrogen-bond donors (Lipinski definition) is 1. The summed E-state index contributed by atoms with van der Waals surface area (Å²) in [5.41, 5.74) is 4.55. The normalized spacial score (nSPS) is 11.4. The highest BCUT2D eigenvalue weighted by Gasteiger charge is 2.19. The molecule has 0 aliphatic heterocycles. The number of amides is 1. The van der Waals surface area contributed by atoms with E-state index in [2.05, 4.69) is 9.88 Å². The Morgan fingerprint density at radius 3 is 2.10 bits per heavy atom. The Kier molecular flexibility index (Phi) is 5.79. The number of benzene rings is 2. The number of carbonyl (C=O) groups excluding carboxylic acids is 2. The van der Waals surface area contributed by atoms with Gasteiger partial charge in [0, 0.05) is 22.8 Å². The van der Waals surface area contributed by atoms with Crippen molar-refractivity contribution in [2.24, 2.45) is 0 Å². The van der Waals surface area contributed by atoms with Crippen molar-refractivity contribution in [3.05, 3.63) is 83.2 Å². The first-order valence-corrected chi connectivity index (χ1v) is 9.16. The Bertz CT molecular complexity index is 1050. The minimum atomic E-state index is -0.966. The zero-order valence-electron chi connectivity index (χ0n) is 16.5. The SMILES string of the molecule is Cc1ccc(C)n1-c1ccc(C(=O)O[C@H](C)C(=O)Nc2ccc(C#N)cc2)cc1. The number of hydrogen-bond acceptors (Lipinski definition) is 4. The van der Waals surface area contributed by atoms with Crippen LogP contribution in [0.5, 0.6) is 0 Å². The molecule has 1 amide bonds. The number of nitriles is 1. The topological polar surface area (TPSA) is 84.1 Å². The number of rotatable bonds is 5. The molecule has 6 nitrogen and oxygen atoms in total. The largest absolute Gasteiger partial charge is 0.449 e. The molecule has 29 heavy (non-hydrogen) atoms. The van der Waals surface area contributed by atoms with E-state index < -0.39 is 18.0 Å². The van der Waals surface area contributed by atoms with Gasteiger partial charge in [0.25, 0.3) is 5.91 Å². The lowest BCUT2D eigenvalue weighted by atomic mass is 10.2. The van der Waals surface area contributed by atoms with Crippen molar-refractivity contribution in [2.75, 3.05) is 5.32 Å². The van der Waals surface area contributed by atoms with Gasteiger partial charge in [-0.05, 0) is 81.4 Å². The summed E-state index contributed by atoms with van der Waals surface area (Å²) in [4.78, 5) is 24.6. The molecule has 0 aliphatic rings. The Morgan fingerprint density at radius 2 is 1.55 bits per heavy atom. The summed E-state index contributed by atoms with van der Waals surface area (Å²) >= 11 is 0. The van der Waals surface area contributed by atoms with E-state index in [9.17, 15) is 9.59 Å². The molecule has 1 N–H and O–H groups in total. The van der Waals surface area contributed by atoms with E-state index in [1.54, 1.807) is 36.4 Å². The Hall–Kier alpha value is -3.85. The molecular formula is C23H21N3O3. The van der Waals surface area contributed by atoms with E-state index in [0.717, 1.165) is 17.1 Å². The average Bonchev–Trinajstić information content (AvgIpc) is 3.06. The standard InChI is InChI=1S/C23H21N3O3/c1-15-4-5-16(2)26(15)21-12-8-19(9-13-21)23(28)29-17(3)22(27)25-20-10-6-18(14-24)7-11-20/h4-13,17H,1-3H3,(H,25,27)/t17-/m1/s1. The number of carbonyl (C=O) groups is 2. The van der Waals surface area contributed by atoms with Crippen LogP contribution in [0.25, 0.3) is 5.69 Å². The molecule has 3 rings (SSSR count). The minimum Gasteiger partial charge on any atom is -0.449 e. The fraction of sp³-hybridized carbons (Fsp3) is 0.174. The zero-order chi connectivity index (χ0) is 21.0. The van der Waals surface area contributed by atoms with Crippen LogP contribution in [0.4, 0.5) is 5.69 Å². The highest BCUT2D eigenvalue weighted by atomic mass is 16.5. The second-order valence-electron chi connectivity index (χ2n) is 6.72. The predicted molar refractivity (Wildman–Crippen MR) is 110 cm³/mol. The monoisotopic (exact) mass is 387 g/mol. The lowest BCUT2D eigenvalue weighted by Crippen LogP contribution is -2.30. The fourth-order valence-electron chi connectivity index (χ4n) is 2.98. The van der Waals surface area contributed by atoms with Crippen LogP contribution in [-0.2, 0) is 9.53 Å². The first-order chi connectivity index (χ1) is 13.9. The summed E-state index contributed by atoms with van der Waals surface area (Å²) < 4.78 is 7.37. The van der Waals surface area contributed by atoms with Gasteiger partial charge in [-0.3, -0.25) is 4.79 Å². The predicted octanol–water partition coefficient (Wildman–Crippen LogP) is 4.15.